The Bertz CT molecular complexity index is 575. The first-order valence-corrected chi connectivity index (χ1v) is 7.06. The second kappa shape index (κ2) is 3.60. The summed E-state index contributed by atoms with van der Waals surface area (Å²) in [6, 6.07) is 5.57. The average molecular weight is 278 g/mol. The largest absolute Gasteiger partial charge is 0.465 e. The molecule has 2 heterocycles. The summed E-state index contributed by atoms with van der Waals surface area (Å²) in [5, 5.41) is 4.07. The minimum Gasteiger partial charge on any atom is -0.465 e. The summed E-state index contributed by atoms with van der Waals surface area (Å²) in [6.45, 7) is 2.01. The Kier molecular flexibility index (Phi) is 2.17. The van der Waals surface area contributed by atoms with Crippen molar-refractivity contribution in [2.45, 2.75) is 44.0 Å². The van der Waals surface area contributed by atoms with Gasteiger partial charge in [-0.05, 0) is 38.0 Å². The Morgan fingerprint density at radius 1 is 1.47 bits per heavy atom. The van der Waals surface area contributed by atoms with Crippen molar-refractivity contribution in [2.24, 2.45) is 0 Å². The maximum atomic E-state index is 14.0. The molecule has 19 heavy (non-hydrogen) atoms. The first-order valence-electron chi connectivity index (χ1n) is 6.66. The van der Waals surface area contributed by atoms with E-state index in [4.69, 9.17) is 17.0 Å². The van der Waals surface area contributed by atoms with Gasteiger partial charge in [-0.3, -0.25) is 0 Å². The van der Waals surface area contributed by atoms with Crippen molar-refractivity contribution in [3.8, 4) is 5.75 Å². The van der Waals surface area contributed by atoms with Crippen molar-refractivity contribution >= 4 is 17.3 Å². The Balaban J connectivity index is 1.83. The summed E-state index contributed by atoms with van der Waals surface area (Å²) in [7, 11) is 0. The normalized spacial score (nSPS) is 32.4. The Labute approximate surface area is 116 Å². The van der Waals surface area contributed by atoms with E-state index in [1.54, 1.807) is 6.07 Å². The standard InChI is InChI=1S/C14H15FN2OS/c1-14-7-11(16-13(19)17(14)8-5-6-8)9-3-2-4-10(15)12(9)18-14/h2-4,8,11H,5-7H2,1H3,(H,16,19). The molecule has 2 atom stereocenters. The second-order valence-corrected chi connectivity index (χ2v) is 6.13. The number of ether oxygens (including phenoxy) is 1. The molecule has 2 bridgehead atoms. The van der Waals surface area contributed by atoms with Crippen molar-refractivity contribution in [3.63, 3.8) is 0 Å². The van der Waals surface area contributed by atoms with Gasteiger partial charge in [-0.2, -0.15) is 0 Å². The zero-order valence-corrected chi connectivity index (χ0v) is 11.5. The van der Waals surface area contributed by atoms with E-state index < -0.39 is 5.72 Å². The number of hydrogen-bond acceptors (Lipinski definition) is 2. The molecule has 3 nitrogen and oxygen atoms in total. The molecule has 1 aromatic carbocycles. The number of hydrogen-bond donors (Lipinski definition) is 1. The van der Waals surface area contributed by atoms with Crippen LogP contribution in [0.5, 0.6) is 5.75 Å². The third kappa shape index (κ3) is 1.57. The van der Waals surface area contributed by atoms with Crippen LogP contribution < -0.4 is 10.1 Å². The molecule has 1 aromatic rings. The lowest BCUT2D eigenvalue weighted by Gasteiger charge is -2.52. The first-order chi connectivity index (χ1) is 9.08. The van der Waals surface area contributed by atoms with Crippen LogP contribution in [0, 0.1) is 5.82 Å². The molecule has 100 valence electrons. The highest BCUT2D eigenvalue weighted by Crippen LogP contribution is 2.48. The van der Waals surface area contributed by atoms with Crippen molar-refractivity contribution < 1.29 is 9.13 Å². The molecule has 2 fully saturated rings. The van der Waals surface area contributed by atoms with Gasteiger partial charge in [0.15, 0.2) is 22.4 Å². The number of rotatable bonds is 1. The molecule has 1 aliphatic carbocycles. The van der Waals surface area contributed by atoms with E-state index in [1.165, 1.54) is 6.07 Å². The van der Waals surface area contributed by atoms with Crippen LogP contribution in [0.2, 0.25) is 0 Å². The predicted octanol–water partition coefficient (Wildman–Crippen LogP) is 2.72. The van der Waals surface area contributed by atoms with Gasteiger partial charge in [-0.1, -0.05) is 12.1 Å². The molecule has 1 saturated heterocycles. The van der Waals surface area contributed by atoms with Crippen LogP contribution in [0.15, 0.2) is 18.2 Å². The fourth-order valence-corrected chi connectivity index (χ4v) is 3.74. The molecule has 0 radical (unpaired) electrons. The summed E-state index contributed by atoms with van der Waals surface area (Å²) in [5.41, 5.74) is 0.346. The number of nitrogens with one attached hydrogen (secondary N) is 1. The minimum atomic E-state index is -0.524. The van der Waals surface area contributed by atoms with Crippen molar-refractivity contribution in [1.82, 2.24) is 10.2 Å². The van der Waals surface area contributed by atoms with Gasteiger partial charge < -0.3 is 15.0 Å². The zero-order chi connectivity index (χ0) is 13.2. The number of nitrogens with zero attached hydrogens (tertiary/aromatic N) is 1. The Morgan fingerprint density at radius 3 is 3.00 bits per heavy atom. The molecule has 0 spiro atoms. The van der Waals surface area contributed by atoms with Crippen LogP contribution >= 0.6 is 12.2 Å². The molecule has 5 heteroatoms. The van der Waals surface area contributed by atoms with Gasteiger partial charge in [0.1, 0.15) is 0 Å². The minimum absolute atomic E-state index is 0.0481. The highest BCUT2D eigenvalue weighted by atomic mass is 32.1. The molecule has 2 aliphatic heterocycles. The third-order valence-electron chi connectivity index (χ3n) is 4.22. The number of fused-ring (bicyclic) bond motifs is 4. The Morgan fingerprint density at radius 2 is 2.26 bits per heavy atom. The number of para-hydroxylation sites is 1. The lowest BCUT2D eigenvalue weighted by Crippen LogP contribution is -2.65. The number of benzene rings is 1. The maximum Gasteiger partial charge on any atom is 0.184 e. The number of halogens is 1. The zero-order valence-electron chi connectivity index (χ0n) is 10.6. The third-order valence-corrected chi connectivity index (χ3v) is 4.53. The maximum absolute atomic E-state index is 14.0. The molecular formula is C14H15FN2OS. The van der Waals surface area contributed by atoms with E-state index in [0.29, 0.717) is 11.8 Å². The molecule has 1 N–H and O–H groups in total. The Hall–Kier alpha value is -1.36. The SMILES string of the molecule is CC12CC(NC(=S)N1C1CC1)c1cccc(F)c1O2. The van der Waals surface area contributed by atoms with E-state index in [-0.39, 0.29) is 11.9 Å². The molecule has 0 amide bonds. The number of thiocarbonyl (C=S) groups is 1. The fourth-order valence-electron chi connectivity index (χ4n) is 3.25. The van der Waals surface area contributed by atoms with Gasteiger partial charge in [0.2, 0.25) is 0 Å². The summed E-state index contributed by atoms with van der Waals surface area (Å²) in [5.74, 6) is 0.0840. The molecule has 0 aromatic heterocycles. The van der Waals surface area contributed by atoms with Crippen LogP contribution in [0.3, 0.4) is 0 Å². The van der Waals surface area contributed by atoms with Gasteiger partial charge in [-0.15, -0.1) is 0 Å². The van der Waals surface area contributed by atoms with Gasteiger partial charge in [0.25, 0.3) is 0 Å². The highest BCUT2D eigenvalue weighted by molar-refractivity contribution is 7.80. The first kappa shape index (κ1) is 11.5. The van der Waals surface area contributed by atoms with Crippen molar-refractivity contribution in [2.75, 3.05) is 0 Å². The van der Waals surface area contributed by atoms with Crippen LogP contribution in [0.1, 0.15) is 37.8 Å². The van der Waals surface area contributed by atoms with E-state index >= 15 is 0 Å². The van der Waals surface area contributed by atoms with Gasteiger partial charge in [0.05, 0.1) is 6.04 Å². The lowest BCUT2D eigenvalue weighted by molar-refractivity contribution is -0.0746. The summed E-state index contributed by atoms with van der Waals surface area (Å²) in [6.07, 6.45) is 3.06. The highest BCUT2D eigenvalue weighted by Gasteiger charge is 2.52. The van der Waals surface area contributed by atoms with Crippen LogP contribution in [0.4, 0.5) is 4.39 Å². The molecule has 1 saturated carbocycles. The van der Waals surface area contributed by atoms with Crippen molar-refractivity contribution in [3.05, 3.63) is 29.6 Å². The molecule has 2 unspecified atom stereocenters. The van der Waals surface area contributed by atoms with E-state index in [9.17, 15) is 4.39 Å². The van der Waals surface area contributed by atoms with E-state index in [2.05, 4.69) is 10.2 Å². The fraction of sp³-hybridized carbons (Fsp3) is 0.500. The van der Waals surface area contributed by atoms with Gasteiger partial charge in [0, 0.05) is 18.0 Å². The van der Waals surface area contributed by atoms with E-state index in [0.717, 1.165) is 29.9 Å². The summed E-state index contributed by atoms with van der Waals surface area (Å²) < 4.78 is 20.0. The van der Waals surface area contributed by atoms with Gasteiger partial charge >= 0.3 is 0 Å². The summed E-state index contributed by atoms with van der Waals surface area (Å²) >= 11 is 5.47. The summed E-state index contributed by atoms with van der Waals surface area (Å²) in [4.78, 5) is 2.12. The topological polar surface area (TPSA) is 24.5 Å². The molecule has 4 rings (SSSR count). The molecular weight excluding hydrogens is 263 g/mol. The lowest BCUT2D eigenvalue weighted by atomic mass is 9.90. The van der Waals surface area contributed by atoms with Crippen LogP contribution in [-0.2, 0) is 0 Å². The quantitative estimate of drug-likeness (QED) is 0.798. The van der Waals surface area contributed by atoms with E-state index in [1.807, 2.05) is 13.0 Å². The predicted molar refractivity (Wildman–Crippen MR) is 73.4 cm³/mol. The van der Waals surface area contributed by atoms with Gasteiger partial charge in [-0.25, -0.2) is 4.39 Å². The van der Waals surface area contributed by atoms with Crippen LogP contribution in [-0.4, -0.2) is 21.8 Å². The monoisotopic (exact) mass is 278 g/mol. The molecule has 3 aliphatic rings. The average Bonchev–Trinajstić information content (AvgIpc) is 3.14. The second-order valence-electron chi connectivity index (χ2n) is 5.74. The van der Waals surface area contributed by atoms with Crippen molar-refractivity contribution in [1.29, 1.82) is 0 Å². The van der Waals surface area contributed by atoms with Crippen LogP contribution in [0.25, 0.3) is 0 Å². The smallest absolute Gasteiger partial charge is 0.184 e.